The molecule has 1 fully saturated rings. The summed E-state index contributed by atoms with van der Waals surface area (Å²) in [6, 6.07) is 9.26. The Hall–Kier alpha value is -0.901. The molecule has 150 valence electrons. The third-order valence-electron chi connectivity index (χ3n) is 5.15. The zero-order chi connectivity index (χ0) is 19.7. The number of nitrogens with zero attached hydrogens (tertiary/aromatic N) is 1. The number of allylic oxidation sites excluding steroid dienone is 2. The van der Waals surface area contributed by atoms with Crippen molar-refractivity contribution in [2.75, 3.05) is 20.3 Å². The second-order valence-corrected chi connectivity index (χ2v) is 9.46. The van der Waals surface area contributed by atoms with Crippen LogP contribution in [0.3, 0.4) is 0 Å². The summed E-state index contributed by atoms with van der Waals surface area (Å²) in [5, 5.41) is 0. The summed E-state index contributed by atoms with van der Waals surface area (Å²) in [6.45, 7) is 13.4. The van der Waals surface area contributed by atoms with E-state index in [-0.39, 0.29) is 20.9 Å². The molecule has 1 aliphatic heterocycles. The summed E-state index contributed by atoms with van der Waals surface area (Å²) in [5.41, 5.74) is 2.47. The molecule has 3 nitrogen and oxygen atoms in total. The van der Waals surface area contributed by atoms with Crippen molar-refractivity contribution in [1.29, 1.82) is 0 Å². The first kappa shape index (κ1) is 22.4. The van der Waals surface area contributed by atoms with Gasteiger partial charge in [0.05, 0.1) is 0 Å². The Morgan fingerprint density at radius 1 is 1.37 bits per heavy atom. The Labute approximate surface area is 172 Å². The summed E-state index contributed by atoms with van der Waals surface area (Å²) < 4.78 is 13.1. The van der Waals surface area contributed by atoms with Gasteiger partial charge in [0.25, 0.3) is 0 Å². The molecule has 2 atom stereocenters. The standard InChI is InChI=1S/C23H35NO2Se/c1-6-23(4,15-9-11-19(2)3)26-27-22-14-8-7-12-20(22)17-24-16-10-13-21(24)18-25-5/h6-8,11-12,14,21H,1,9-10,13,15-18H2,2-5H3/t21-,23+/m0/s1. The quantitative estimate of drug-likeness (QED) is 0.382. The maximum atomic E-state index is 6.40. The van der Waals surface area contributed by atoms with Crippen molar-refractivity contribution in [2.45, 2.75) is 64.6 Å². The van der Waals surface area contributed by atoms with E-state index in [1.807, 2.05) is 6.08 Å². The number of methoxy groups -OCH3 is 1. The number of ether oxygens (including phenoxy) is 1. The molecule has 0 aromatic heterocycles. The molecular formula is C23H35NO2Se. The van der Waals surface area contributed by atoms with Crippen LogP contribution in [0.1, 0.15) is 52.0 Å². The number of benzene rings is 1. The Balaban J connectivity index is 2.00. The van der Waals surface area contributed by atoms with Crippen LogP contribution in [0.15, 0.2) is 48.6 Å². The molecule has 0 bridgehead atoms. The van der Waals surface area contributed by atoms with E-state index in [4.69, 9.17) is 8.56 Å². The van der Waals surface area contributed by atoms with Gasteiger partial charge in [-0.2, -0.15) is 0 Å². The topological polar surface area (TPSA) is 21.7 Å². The van der Waals surface area contributed by atoms with Crippen LogP contribution >= 0.6 is 0 Å². The van der Waals surface area contributed by atoms with Gasteiger partial charge in [-0.15, -0.1) is 0 Å². The monoisotopic (exact) mass is 437 g/mol. The van der Waals surface area contributed by atoms with Gasteiger partial charge in [-0.05, 0) is 0 Å². The number of hydrogen-bond donors (Lipinski definition) is 0. The molecule has 0 amide bonds. The molecule has 1 saturated heterocycles. The van der Waals surface area contributed by atoms with Gasteiger partial charge in [-0.3, -0.25) is 0 Å². The Kier molecular flexibility index (Phi) is 9.28. The molecular weight excluding hydrogens is 401 g/mol. The Bertz CT molecular complexity index is 627. The van der Waals surface area contributed by atoms with Crippen molar-refractivity contribution in [3.05, 3.63) is 54.1 Å². The van der Waals surface area contributed by atoms with E-state index in [9.17, 15) is 0 Å². The molecule has 27 heavy (non-hydrogen) atoms. The molecule has 2 rings (SSSR count). The molecule has 0 unspecified atom stereocenters. The molecule has 0 N–H and O–H groups in total. The fourth-order valence-electron chi connectivity index (χ4n) is 3.38. The Morgan fingerprint density at radius 3 is 2.85 bits per heavy atom. The van der Waals surface area contributed by atoms with Gasteiger partial charge >= 0.3 is 172 Å². The third kappa shape index (κ3) is 7.21. The zero-order valence-corrected chi connectivity index (χ0v) is 19.1. The second-order valence-electron chi connectivity index (χ2n) is 7.83. The van der Waals surface area contributed by atoms with E-state index in [0.717, 1.165) is 32.5 Å². The van der Waals surface area contributed by atoms with Gasteiger partial charge in [-0.25, -0.2) is 0 Å². The number of likely N-dealkylation sites (tertiary alicyclic amines) is 1. The van der Waals surface area contributed by atoms with Gasteiger partial charge in [-0.1, -0.05) is 0 Å². The molecule has 1 aromatic carbocycles. The van der Waals surface area contributed by atoms with E-state index in [0.29, 0.717) is 6.04 Å². The van der Waals surface area contributed by atoms with Crippen molar-refractivity contribution in [1.82, 2.24) is 4.90 Å². The summed E-state index contributed by atoms with van der Waals surface area (Å²) in [5.74, 6) is 0. The Morgan fingerprint density at radius 2 is 2.15 bits per heavy atom. The second kappa shape index (κ2) is 11.2. The van der Waals surface area contributed by atoms with E-state index < -0.39 is 0 Å². The van der Waals surface area contributed by atoms with E-state index in [1.54, 1.807) is 7.11 Å². The molecule has 4 heteroatoms. The van der Waals surface area contributed by atoms with Gasteiger partial charge in [0.2, 0.25) is 0 Å². The minimum absolute atomic E-state index is 0.0268. The molecule has 1 aliphatic rings. The van der Waals surface area contributed by atoms with Crippen LogP contribution in [0.4, 0.5) is 0 Å². The minimum atomic E-state index is -0.273. The van der Waals surface area contributed by atoms with Gasteiger partial charge in [0, 0.05) is 0 Å². The first-order chi connectivity index (χ1) is 13.0. The first-order valence-electron chi connectivity index (χ1n) is 9.91. The van der Waals surface area contributed by atoms with Gasteiger partial charge in [0.15, 0.2) is 0 Å². The predicted molar refractivity (Wildman–Crippen MR) is 115 cm³/mol. The van der Waals surface area contributed by atoms with Gasteiger partial charge in [0.1, 0.15) is 0 Å². The normalized spacial score (nSPS) is 19.6. The fourth-order valence-corrected chi connectivity index (χ4v) is 5.07. The summed E-state index contributed by atoms with van der Waals surface area (Å²) in [6.07, 6.45) is 8.72. The van der Waals surface area contributed by atoms with Crippen LogP contribution < -0.4 is 4.46 Å². The zero-order valence-electron chi connectivity index (χ0n) is 17.4. The van der Waals surface area contributed by atoms with Crippen LogP contribution in [0.25, 0.3) is 0 Å². The van der Waals surface area contributed by atoms with Crippen LogP contribution in [-0.2, 0) is 15.1 Å². The summed E-state index contributed by atoms with van der Waals surface area (Å²) in [4.78, 5) is 2.56. The SMILES string of the molecule is C=C[C@](C)(CCC=C(C)C)O[Se]c1ccccc1CN1CCC[C@H]1COC. The third-order valence-corrected chi connectivity index (χ3v) is 7.34. The van der Waals surface area contributed by atoms with E-state index in [2.05, 4.69) is 62.6 Å². The molecule has 1 aromatic rings. The maximum absolute atomic E-state index is 6.40. The molecule has 0 aliphatic carbocycles. The van der Waals surface area contributed by atoms with Crippen LogP contribution in [0.2, 0.25) is 0 Å². The summed E-state index contributed by atoms with van der Waals surface area (Å²) in [7, 11) is 1.80. The molecule has 0 radical (unpaired) electrons. The average molecular weight is 436 g/mol. The molecule has 1 heterocycles. The van der Waals surface area contributed by atoms with Crippen molar-refractivity contribution >= 4 is 19.7 Å². The van der Waals surface area contributed by atoms with Crippen molar-refractivity contribution in [3.63, 3.8) is 0 Å². The fraction of sp³-hybridized carbons (Fsp3) is 0.565. The van der Waals surface area contributed by atoms with Crippen molar-refractivity contribution in [2.24, 2.45) is 0 Å². The van der Waals surface area contributed by atoms with Crippen LogP contribution in [0, 0.1) is 0 Å². The van der Waals surface area contributed by atoms with Crippen molar-refractivity contribution in [3.8, 4) is 0 Å². The van der Waals surface area contributed by atoms with Crippen LogP contribution in [0.5, 0.6) is 0 Å². The van der Waals surface area contributed by atoms with E-state index >= 15 is 0 Å². The van der Waals surface area contributed by atoms with Crippen molar-refractivity contribution < 1.29 is 8.56 Å². The number of rotatable bonds is 11. The molecule has 0 spiro atoms. The van der Waals surface area contributed by atoms with E-state index in [1.165, 1.54) is 28.4 Å². The number of hydrogen-bond acceptors (Lipinski definition) is 3. The molecule has 0 saturated carbocycles. The van der Waals surface area contributed by atoms with Gasteiger partial charge < -0.3 is 0 Å². The average Bonchev–Trinajstić information content (AvgIpc) is 3.08. The van der Waals surface area contributed by atoms with Crippen LogP contribution in [-0.4, -0.2) is 52.1 Å². The predicted octanol–water partition coefficient (Wildman–Crippen LogP) is 4.25. The first-order valence-corrected chi connectivity index (χ1v) is 11.5. The summed E-state index contributed by atoms with van der Waals surface area (Å²) >= 11 is -0.0268.